The Morgan fingerprint density at radius 1 is 0.667 bits per heavy atom. The number of ether oxygens (including phenoxy) is 2. The number of anilines is 2. The molecular weight excluding hydrogens is 500 g/mol. The van der Waals surface area contributed by atoms with Gasteiger partial charge in [0.15, 0.2) is 10.2 Å². The molecule has 194 valence electrons. The van der Waals surface area contributed by atoms with Crippen LogP contribution in [0, 0.1) is 0 Å². The van der Waals surface area contributed by atoms with E-state index in [4.69, 9.17) is 33.9 Å². The minimum atomic E-state index is -0.242. The zero-order valence-electron chi connectivity index (χ0n) is 20.3. The Morgan fingerprint density at radius 3 is 1.44 bits per heavy atom. The van der Waals surface area contributed by atoms with Gasteiger partial charge in [0.1, 0.15) is 11.5 Å². The summed E-state index contributed by atoms with van der Waals surface area (Å²) in [6.45, 7) is 4.83. The third-order valence-corrected chi connectivity index (χ3v) is 4.97. The standard InChI is InChI=1S/C24H32N6O4S2/c1-3-33-19-13-7-5-11-17(19)25-23(35)29-27-21(31)15-9-10-16-22(32)28-30-24(36)26-18-12-6-8-14-20(18)34-4-2/h5-8,11-14H,3-4,9-10,15-16H2,1-2H3,(H,27,31)(H,28,32)(H2,25,29,35)(H2,26,30,36). The molecule has 0 fully saturated rings. The molecule has 2 rings (SSSR count). The summed E-state index contributed by atoms with van der Waals surface area (Å²) < 4.78 is 11.1. The molecule has 0 unspecified atom stereocenters. The van der Waals surface area contributed by atoms with E-state index in [1.165, 1.54) is 0 Å². The number of hydrogen-bond donors (Lipinski definition) is 6. The molecule has 2 amide bonds. The number of rotatable bonds is 11. The molecule has 2 aromatic carbocycles. The number of thiocarbonyl (C=S) groups is 2. The molecule has 0 radical (unpaired) electrons. The number of amides is 2. The molecular formula is C24H32N6O4S2. The molecule has 12 heteroatoms. The van der Waals surface area contributed by atoms with Crippen molar-refractivity contribution in [2.75, 3.05) is 23.8 Å². The first-order chi connectivity index (χ1) is 17.4. The minimum Gasteiger partial charge on any atom is -0.492 e. The molecule has 0 spiro atoms. The average molecular weight is 533 g/mol. The Balaban J connectivity index is 1.59. The lowest BCUT2D eigenvalue weighted by Crippen LogP contribution is -2.44. The van der Waals surface area contributed by atoms with Gasteiger partial charge in [0.25, 0.3) is 0 Å². The van der Waals surface area contributed by atoms with Gasteiger partial charge in [-0.25, -0.2) is 0 Å². The van der Waals surface area contributed by atoms with Crippen LogP contribution in [-0.2, 0) is 9.59 Å². The van der Waals surface area contributed by atoms with Crippen LogP contribution in [0.3, 0.4) is 0 Å². The normalized spacial score (nSPS) is 9.94. The maximum absolute atomic E-state index is 12.0. The van der Waals surface area contributed by atoms with Crippen LogP contribution in [0.15, 0.2) is 48.5 Å². The number of nitrogens with one attached hydrogen (secondary N) is 6. The summed E-state index contributed by atoms with van der Waals surface area (Å²) in [4.78, 5) is 24.1. The number of hydrogen-bond acceptors (Lipinski definition) is 6. The number of unbranched alkanes of at least 4 members (excludes halogenated alkanes) is 1. The van der Waals surface area contributed by atoms with Gasteiger partial charge in [0.05, 0.1) is 24.6 Å². The highest BCUT2D eigenvalue weighted by molar-refractivity contribution is 7.80. The van der Waals surface area contributed by atoms with Gasteiger partial charge >= 0.3 is 0 Å². The van der Waals surface area contributed by atoms with E-state index >= 15 is 0 Å². The quantitative estimate of drug-likeness (QED) is 0.146. The first-order valence-corrected chi connectivity index (χ1v) is 12.4. The number of benzene rings is 2. The predicted molar refractivity (Wildman–Crippen MR) is 149 cm³/mol. The van der Waals surface area contributed by atoms with Crippen molar-refractivity contribution < 1.29 is 19.1 Å². The third kappa shape index (κ3) is 10.7. The smallest absolute Gasteiger partial charge is 0.238 e. The van der Waals surface area contributed by atoms with Crippen molar-refractivity contribution in [1.29, 1.82) is 0 Å². The summed E-state index contributed by atoms with van der Waals surface area (Å²) >= 11 is 10.4. The van der Waals surface area contributed by atoms with E-state index in [0.29, 0.717) is 48.9 Å². The highest BCUT2D eigenvalue weighted by Crippen LogP contribution is 2.24. The second-order valence-corrected chi connectivity index (χ2v) is 8.14. The zero-order valence-corrected chi connectivity index (χ0v) is 21.9. The van der Waals surface area contributed by atoms with E-state index in [1.54, 1.807) is 0 Å². The number of carbonyl (C=O) groups is 2. The largest absolute Gasteiger partial charge is 0.492 e. The molecule has 0 aliphatic rings. The predicted octanol–water partition coefficient (Wildman–Crippen LogP) is 3.38. The maximum Gasteiger partial charge on any atom is 0.238 e. The molecule has 0 bridgehead atoms. The first kappa shape index (κ1) is 28.6. The fourth-order valence-corrected chi connectivity index (χ4v) is 3.28. The van der Waals surface area contributed by atoms with Crippen LogP contribution in [0.2, 0.25) is 0 Å². The molecule has 10 nitrogen and oxygen atoms in total. The van der Waals surface area contributed by atoms with Gasteiger partial charge in [0, 0.05) is 12.8 Å². The van der Waals surface area contributed by atoms with Crippen LogP contribution in [0.5, 0.6) is 11.5 Å². The summed E-state index contributed by atoms with van der Waals surface area (Å²) in [7, 11) is 0. The van der Waals surface area contributed by atoms with Crippen LogP contribution < -0.4 is 41.8 Å². The summed E-state index contributed by atoms with van der Waals surface area (Å²) in [5.74, 6) is 0.841. The Morgan fingerprint density at radius 2 is 1.06 bits per heavy atom. The fourth-order valence-electron chi connectivity index (χ4n) is 2.96. The average Bonchev–Trinajstić information content (AvgIpc) is 2.87. The molecule has 0 atom stereocenters. The van der Waals surface area contributed by atoms with Crippen molar-refractivity contribution in [3.63, 3.8) is 0 Å². The molecule has 0 saturated heterocycles. The van der Waals surface area contributed by atoms with Crippen molar-refractivity contribution in [1.82, 2.24) is 21.7 Å². The molecule has 0 aliphatic heterocycles. The van der Waals surface area contributed by atoms with E-state index < -0.39 is 0 Å². The van der Waals surface area contributed by atoms with Crippen molar-refractivity contribution >= 4 is 57.8 Å². The van der Waals surface area contributed by atoms with E-state index in [9.17, 15) is 9.59 Å². The Hall–Kier alpha value is -3.64. The van der Waals surface area contributed by atoms with Crippen LogP contribution in [0.25, 0.3) is 0 Å². The summed E-state index contributed by atoms with van der Waals surface area (Å²) in [6, 6.07) is 14.7. The summed E-state index contributed by atoms with van der Waals surface area (Å²) in [6.07, 6.45) is 1.53. The van der Waals surface area contributed by atoms with E-state index in [2.05, 4.69) is 32.3 Å². The van der Waals surface area contributed by atoms with Crippen molar-refractivity contribution in [3.05, 3.63) is 48.5 Å². The minimum absolute atomic E-state index is 0.231. The van der Waals surface area contributed by atoms with Gasteiger partial charge in [0.2, 0.25) is 11.8 Å². The molecule has 0 aromatic heterocycles. The van der Waals surface area contributed by atoms with Crippen LogP contribution in [0.4, 0.5) is 11.4 Å². The van der Waals surface area contributed by atoms with Gasteiger partial charge < -0.3 is 20.1 Å². The number of carbonyl (C=O) groups excluding carboxylic acids is 2. The van der Waals surface area contributed by atoms with Crippen molar-refractivity contribution in [2.45, 2.75) is 39.5 Å². The van der Waals surface area contributed by atoms with Gasteiger partial charge in [-0.05, 0) is 75.4 Å². The number of para-hydroxylation sites is 4. The highest BCUT2D eigenvalue weighted by atomic mass is 32.1. The van der Waals surface area contributed by atoms with Crippen LogP contribution >= 0.6 is 24.4 Å². The summed E-state index contributed by atoms with van der Waals surface area (Å²) in [5.41, 5.74) is 11.8. The van der Waals surface area contributed by atoms with Crippen molar-refractivity contribution in [2.24, 2.45) is 0 Å². The van der Waals surface area contributed by atoms with Crippen molar-refractivity contribution in [3.8, 4) is 11.5 Å². The first-order valence-electron chi connectivity index (χ1n) is 11.6. The maximum atomic E-state index is 12.0. The van der Waals surface area contributed by atoms with E-state index in [1.807, 2.05) is 62.4 Å². The second-order valence-electron chi connectivity index (χ2n) is 7.32. The van der Waals surface area contributed by atoms with Gasteiger partial charge in [-0.1, -0.05) is 24.3 Å². The van der Waals surface area contributed by atoms with Crippen LogP contribution in [0.1, 0.15) is 39.5 Å². The van der Waals surface area contributed by atoms with Gasteiger partial charge in [-0.3, -0.25) is 31.3 Å². The van der Waals surface area contributed by atoms with E-state index in [-0.39, 0.29) is 34.9 Å². The van der Waals surface area contributed by atoms with Gasteiger partial charge in [-0.2, -0.15) is 0 Å². The highest BCUT2D eigenvalue weighted by Gasteiger charge is 2.08. The molecule has 36 heavy (non-hydrogen) atoms. The second kappa shape index (κ2) is 16.1. The van der Waals surface area contributed by atoms with Crippen LogP contribution in [-0.4, -0.2) is 35.3 Å². The SMILES string of the molecule is CCOc1ccccc1NC(=S)NNC(=O)CCCCC(=O)NNC(=S)Nc1ccccc1OCC. The lowest BCUT2D eigenvalue weighted by Gasteiger charge is -2.15. The number of hydrazine groups is 2. The summed E-state index contributed by atoms with van der Waals surface area (Å²) in [5, 5.41) is 6.42. The molecule has 0 saturated carbocycles. The fraction of sp³-hybridized carbons (Fsp3) is 0.333. The lowest BCUT2D eigenvalue weighted by atomic mass is 10.2. The zero-order chi connectivity index (χ0) is 26.2. The van der Waals surface area contributed by atoms with Gasteiger partial charge in [-0.15, -0.1) is 0 Å². The third-order valence-electron chi connectivity index (χ3n) is 4.56. The Kier molecular flexibility index (Phi) is 12.8. The lowest BCUT2D eigenvalue weighted by molar-refractivity contribution is -0.123. The Bertz CT molecular complexity index is 956. The molecule has 0 heterocycles. The van der Waals surface area contributed by atoms with E-state index in [0.717, 1.165) is 0 Å². The topological polar surface area (TPSA) is 125 Å². The molecule has 6 N–H and O–H groups in total. The molecule has 2 aromatic rings. The molecule has 0 aliphatic carbocycles. The Labute approximate surface area is 221 Å². The monoisotopic (exact) mass is 532 g/mol.